The zero-order chi connectivity index (χ0) is 11.4. The van der Waals surface area contributed by atoms with Crippen LogP contribution in [0.1, 0.15) is 5.69 Å². The molecule has 0 fully saturated rings. The number of nitrogens with zero attached hydrogens (tertiary/aromatic N) is 2. The van der Waals surface area contributed by atoms with Gasteiger partial charge in [0.2, 0.25) is 0 Å². The van der Waals surface area contributed by atoms with Crippen LogP contribution in [0.2, 0.25) is 0 Å². The van der Waals surface area contributed by atoms with Gasteiger partial charge in [-0.2, -0.15) is 0 Å². The fourth-order valence-electron chi connectivity index (χ4n) is 1.44. The Balaban J connectivity index is 2.20. The van der Waals surface area contributed by atoms with Crippen LogP contribution in [-0.2, 0) is 7.05 Å². The predicted octanol–water partition coefficient (Wildman–Crippen LogP) is 2.78. The summed E-state index contributed by atoms with van der Waals surface area (Å²) >= 11 is 0. The fraction of sp³-hybridized carbons (Fsp3) is 0.154. The number of aryl methyl sites for hydroxylation is 1. The maximum atomic E-state index is 5.14. The Morgan fingerprint density at radius 1 is 1.25 bits per heavy atom. The van der Waals surface area contributed by atoms with E-state index in [-0.39, 0.29) is 0 Å². The van der Waals surface area contributed by atoms with Gasteiger partial charge >= 0.3 is 0 Å². The van der Waals surface area contributed by atoms with E-state index < -0.39 is 0 Å². The molecule has 2 aromatic rings. The van der Waals surface area contributed by atoms with Crippen molar-refractivity contribution in [3.63, 3.8) is 0 Å². The monoisotopic (exact) mass is 214 g/mol. The van der Waals surface area contributed by atoms with Crippen LogP contribution < -0.4 is 4.74 Å². The summed E-state index contributed by atoms with van der Waals surface area (Å²) in [4.78, 5) is 4.39. The van der Waals surface area contributed by atoms with E-state index in [0.717, 1.165) is 17.1 Å². The minimum atomic E-state index is 0.821. The third-order valence-electron chi connectivity index (χ3n) is 2.38. The number of hydrogen-bond acceptors (Lipinski definition) is 2. The lowest BCUT2D eigenvalue weighted by Gasteiger charge is -2.00. The Hall–Kier alpha value is -2.03. The molecule has 0 spiro atoms. The van der Waals surface area contributed by atoms with Gasteiger partial charge in [0, 0.05) is 19.3 Å². The van der Waals surface area contributed by atoms with Crippen LogP contribution in [0.4, 0.5) is 5.69 Å². The smallest absolute Gasteiger partial charge is 0.121 e. The Bertz CT molecular complexity index is 500. The number of hydrogen-bond donors (Lipinski definition) is 0. The molecule has 0 saturated heterocycles. The molecule has 82 valence electrons. The van der Waals surface area contributed by atoms with Gasteiger partial charge in [0.05, 0.1) is 24.7 Å². The van der Waals surface area contributed by atoms with Crippen molar-refractivity contribution in [3.05, 3.63) is 48.3 Å². The molecule has 0 amide bonds. The number of ether oxygens (including phenoxy) is 1. The molecule has 0 radical (unpaired) electrons. The number of aliphatic imine (C=N–C) groups is 1. The lowest BCUT2D eigenvalue weighted by molar-refractivity contribution is 0.415. The first-order valence-electron chi connectivity index (χ1n) is 5.09. The minimum absolute atomic E-state index is 0.821. The number of methoxy groups -OCH3 is 1. The molecule has 0 aliphatic rings. The Kier molecular flexibility index (Phi) is 3.05. The molecule has 0 N–H and O–H groups in total. The molecule has 1 heterocycles. The van der Waals surface area contributed by atoms with Crippen molar-refractivity contribution in [3.8, 4) is 5.75 Å². The van der Waals surface area contributed by atoms with Crippen LogP contribution in [0, 0.1) is 0 Å². The van der Waals surface area contributed by atoms with Crippen LogP contribution in [0.5, 0.6) is 5.75 Å². The van der Waals surface area contributed by atoms with E-state index in [0.29, 0.717) is 0 Å². The molecule has 0 saturated carbocycles. The lowest BCUT2D eigenvalue weighted by Crippen LogP contribution is -1.91. The van der Waals surface area contributed by atoms with Crippen molar-refractivity contribution >= 4 is 11.9 Å². The molecule has 0 bridgehead atoms. The molecule has 16 heavy (non-hydrogen) atoms. The SMILES string of the molecule is COc1cccc(N=Cc2cccn2C)c1. The van der Waals surface area contributed by atoms with E-state index in [1.54, 1.807) is 7.11 Å². The predicted molar refractivity (Wildman–Crippen MR) is 65.7 cm³/mol. The van der Waals surface area contributed by atoms with E-state index in [2.05, 4.69) is 4.99 Å². The summed E-state index contributed by atoms with van der Waals surface area (Å²) in [6.45, 7) is 0. The molecular formula is C13H14N2O. The molecule has 3 heteroatoms. The van der Waals surface area contributed by atoms with Gasteiger partial charge in [-0.1, -0.05) is 6.07 Å². The molecule has 2 rings (SSSR count). The largest absolute Gasteiger partial charge is 0.497 e. The van der Waals surface area contributed by atoms with Crippen LogP contribution in [0.3, 0.4) is 0 Å². The molecule has 3 nitrogen and oxygen atoms in total. The van der Waals surface area contributed by atoms with Gasteiger partial charge in [-0.25, -0.2) is 0 Å². The van der Waals surface area contributed by atoms with E-state index in [1.807, 2.05) is 60.4 Å². The molecule has 0 aliphatic carbocycles. The van der Waals surface area contributed by atoms with Gasteiger partial charge in [0.15, 0.2) is 0 Å². The topological polar surface area (TPSA) is 26.5 Å². The zero-order valence-electron chi connectivity index (χ0n) is 9.42. The van der Waals surface area contributed by atoms with E-state index >= 15 is 0 Å². The highest BCUT2D eigenvalue weighted by atomic mass is 16.5. The molecule has 1 aromatic heterocycles. The average molecular weight is 214 g/mol. The Labute approximate surface area is 95.0 Å². The summed E-state index contributed by atoms with van der Waals surface area (Å²) in [5.74, 6) is 0.821. The zero-order valence-corrected chi connectivity index (χ0v) is 9.42. The van der Waals surface area contributed by atoms with Gasteiger partial charge < -0.3 is 9.30 Å². The van der Waals surface area contributed by atoms with Gasteiger partial charge in [0.1, 0.15) is 5.75 Å². The van der Waals surface area contributed by atoms with Crippen LogP contribution in [0.25, 0.3) is 0 Å². The van der Waals surface area contributed by atoms with Crippen LogP contribution >= 0.6 is 0 Å². The van der Waals surface area contributed by atoms with Crippen molar-refractivity contribution in [1.82, 2.24) is 4.57 Å². The van der Waals surface area contributed by atoms with Gasteiger partial charge in [0.25, 0.3) is 0 Å². The summed E-state index contributed by atoms with van der Waals surface area (Å²) in [5, 5.41) is 0. The van der Waals surface area contributed by atoms with Crippen molar-refractivity contribution in [2.75, 3.05) is 7.11 Å². The normalized spacial score (nSPS) is 10.9. The van der Waals surface area contributed by atoms with Gasteiger partial charge in [-0.3, -0.25) is 4.99 Å². The molecule has 0 atom stereocenters. The second kappa shape index (κ2) is 4.66. The van der Waals surface area contributed by atoms with Gasteiger partial charge in [-0.05, 0) is 24.3 Å². The molecule has 1 aromatic carbocycles. The molecule has 0 aliphatic heterocycles. The summed E-state index contributed by atoms with van der Waals surface area (Å²) < 4.78 is 7.15. The van der Waals surface area contributed by atoms with Crippen LogP contribution in [-0.4, -0.2) is 17.9 Å². The minimum Gasteiger partial charge on any atom is -0.497 e. The second-order valence-corrected chi connectivity index (χ2v) is 3.50. The molecular weight excluding hydrogens is 200 g/mol. The summed E-state index contributed by atoms with van der Waals surface area (Å²) in [7, 11) is 3.65. The highest BCUT2D eigenvalue weighted by molar-refractivity contribution is 5.80. The van der Waals surface area contributed by atoms with Crippen molar-refractivity contribution in [2.45, 2.75) is 0 Å². The van der Waals surface area contributed by atoms with Crippen LogP contribution in [0.15, 0.2) is 47.6 Å². The van der Waals surface area contributed by atoms with Crippen molar-refractivity contribution in [1.29, 1.82) is 0 Å². The first kappa shape index (κ1) is 10.5. The Morgan fingerprint density at radius 3 is 2.81 bits per heavy atom. The highest BCUT2D eigenvalue weighted by Crippen LogP contribution is 2.19. The van der Waals surface area contributed by atoms with E-state index in [9.17, 15) is 0 Å². The number of rotatable bonds is 3. The number of benzene rings is 1. The van der Waals surface area contributed by atoms with Crippen molar-refractivity contribution in [2.24, 2.45) is 12.0 Å². The maximum absolute atomic E-state index is 5.14. The third kappa shape index (κ3) is 2.31. The summed E-state index contributed by atoms with van der Waals surface area (Å²) in [6.07, 6.45) is 3.84. The Morgan fingerprint density at radius 2 is 2.12 bits per heavy atom. The molecule has 0 unspecified atom stereocenters. The highest BCUT2D eigenvalue weighted by Gasteiger charge is 1.94. The third-order valence-corrected chi connectivity index (χ3v) is 2.38. The first-order valence-corrected chi connectivity index (χ1v) is 5.09. The van der Waals surface area contributed by atoms with E-state index in [4.69, 9.17) is 4.74 Å². The standard InChI is InChI=1S/C13H14N2O/c1-15-8-4-6-12(15)10-14-11-5-3-7-13(9-11)16-2/h3-10H,1-2H3. The average Bonchev–Trinajstić information content (AvgIpc) is 2.72. The maximum Gasteiger partial charge on any atom is 0.121 e. The summed E-state index contributed by atoms with van der Waals surface area (Å²) in [6, 6.07) is 11.7. The number of aromatic nitrogens is 1. The fourth-order valence-corrected chi connectivity index (χ4v) is 1.44. The van der Waals surface area contributed by atoms with E-state index in [1.165, 1.54) is 0 Å². The first-order chi connectivity index (χ1) is 7.79. The van der Waals surface area contributed by atoms with Crippen molar-refractivity contribution < 1.29 is 4.74 Å². The second-order valence-electron chi connectivity index (χ2n) is 3.50. The quantitative estimate of drug-likeness (QED) is 0.721. The lowest BCUT2D eigenvalue weighted by atomic mass is 10.3. The van der Waals surface area contributed by atoms with Gasteiger partial charge in [-0.15, -0.1) is 0 Å². The summed E-state index contributed by atoms with van der Waals surface area (Å²) in [5.41, 5.74) is 1.96.